The van der Waals surface area contributed by atoms with Gasteiger partial charge in [-0.05, 0) is 45.9 Å². The van der Waals surface area contributed by atoms with E-state index in [1.54, 1.807) is 19.1 Å². The standard InChI is InChI=1S/C20H24N2O6/c1-6-27-19(25)13-10-28-16-14(26-5)8-7-11-9-12(17(23)21-20(2,3)4)18(24)22(13)15(11)16/h7-9,13H,6,10H2,1-5H3,(H,21,23). The second-order valence-electron chi connectivity index (χ2n) is 7.55. The fourth-order valence-corrected chi connectivity index (χ4v) is 3.20. The first-order valence-corrected chi connectivity index (χ1v) is 9.06. The van der Waals surface area contributed by atoms with Crippen LogP contribution in [-0.2, 0) is 9.53 Å². The highest BCUT2D eigenvalue weighted by Gasteiger charge is 2.34. The Balaban J connectivity index is 2.29. The van der Waals surface area contributed by atoms with Gasteiger partial charge in [0.1, 0.15) is 12.2 Å². The SMILES string of the molecule is CCOC(=O)C1COc2c(OC)ccc3cc(C(=O)NC(C)(C)C)c(=O)n1c23. The van der Waals surface area contributed by atoms with Gasteiger partial charge in [0, 0.05) is 10.9 Å². The number of pyridine rings is 1. The molecule has 8 heteroatoms. The molecule has 1 aromatic heterocycles. The normalized spacial score (nSPS) is 15.7. The van der Waals surface area contributed by atoms with Gasteiger partial charge in [-0.25, -0.2) is 4.79 Å². The summed E-state index contributed by atoms with van der Waals surface area (Å²) >= 11 is 0. The first-order chi connectivity index (χ1) is 13.2. The zero-order chi connectivity index (χ0) is 20.6. The quantitative estimate of drug-likeness (QED) is 0.806. The van der Waals surface area contributed by atoms with Crippen LogP contribution in [-0.4, -0.2) is 42.3 Å². The molecule has 150 valence electrons. The maximum Gasteiger partial charge on any atom is 0.332 e. The fraction of sp³-hybridized carbons (Fsp3) is 0.450. The minimum Gasteiger partial charge on any atom is -0.493 e. The Morgan fingerprint density at radius 3 is 2.64 bits per heavy atom. The first kappa shape index (κ1) is 19.7. The summed E-state index contributed by atoms with van der Waals surface area (Å²) in [7, 11) is 1.49. The number of amides is 1. The summed E-state index contributed by atoms with van der Waals surface area (Å²) in [6.07, 6.45) is 0. The molecule has 1 unspecified atom stereocenters. The molecular formula is C20H24N2O6. The van der Waals surface area contributed by atoms with Gasteiger partial charge >= 0.3 is 5.97 Å². The van der Waals surface area contributed by atoms with Crippen molar-refractivity contribution >= 4 is 22.8 Å². The molecule has 28 heavy (non-hydrogen) atoms. The van der Waals surface area contributed by atoms with Crippen molar-refractivity contribution in [1.82, 2.24) is 9.88 Å². The van der Waals surface area contributed by atoms with Crippen molar-refractivity contribution in [2.45, 2.75) is 39.3 Å². The van der Waals surface area contributed by atoms with Gasteiger partial charge < -0.3 is 19.5 Å². The number of nitrogens with one attached hydrogen (secondary N) is 1. The lowest BCUT2D eigenvalue weighted by Gasteiger charge is -2.28. The lowest BCUT2D eigenvalue weighted by Crippen LogP contribution is -2.45. The van der Waals surface area contributed by atoms with E-state index in [2.05, 4.69) is 5.32 Å². The zero-order valence-electron chi connectivity index (χ0n) is 16.6. The molecule has 0 radical (unpaired) electrons. The summed E-state index contributed by atoms with van der Waals surface area (Å²) in [6, 6.07) is 3.94. The van der Waals surface area contributed by atoms with Crippen molar-refractivity contribution in [1.29, 1.82) is 0 Å². The lowest BCUT2D eigenvalue weighted by molar-refractivity contribution is -0.148. The number of esters is 1. The van der Waals surface area contributed by atoms with Gasteiger partial charge in [0.05, 0.1) is 19.2 Å². The summed E-state index contributed by atoms with van der Waals surface area (Å²) in [5.74, 6) is -0.294. The average Bonchev–Trinajstić information content (AvgIpc) is 2.62. The average molecular weight is 388 g/mol. The van der Waals surface area contributed by atoms with Crippen LogP contribution in [0.3, 0.4) is 0 Å². The minimum absolute atomic E-state index is 0.0465. The van der Waals surface area contributed by atoms with E-state index in [0.29, 0.717) is 22.4 Å². The van der Waals surface area contributed by atoms with Crippen LogP contribution < -0.4 is 20.3 Å². The maximum atomic E-state index is 13.2. The van der Waals surface area contributed by atoms with Crippen molar-refractivity contribution in [3.05, 3.63) is 34.1 Å². The second-order valence-corrected chi connectivity index (χ2v) is 7.55. The van der Waals surface area contributed by atoms with E-state index in [9.17, 15) is 14.4 Å². The Bertz CT molecular complexity index is 1000. The Labute approximate surface area is 162 Å². The van der Waals surface area contributed by atoms with E-state index < -0.39 is 29.0 Å². The van der Waals surface area contributed by atoms with Crippen molar-refractivity contribution in [3.8, 4) is 11.5 Å². The monoisotopic (exact) mass is 388 g/mol. The number of carbonyl (C=O) groups excluding carboxylic acids is 2. The molecule has 3 rings (SSSR count). The molecule has 1 aromatic carbocycles. The number of aromatic nitrogens is 1. The van der Waals surface area contributed by atoms with Crippen molar-refractivity contribution < 1.29 is 23.8 Å². The molecule has 1 aliphatic heterocycles. The van der Waals surface area contributed by atoms with E-state index >= 15 is 0 Å². The van der Waals surface area contributed by atoms with Crippen LogP contribution in [0.5, 0.6) is 11.5 Å². The van der Waals surface area contributed by atoms with Crippen LogP contribution in [0.2, 0.25) is 0 Å². The molecule has 0 saturated carbocycles. The third-order valence-electron chi connectivity index (χ3n) is 4.33. The van der Waals surface area contributed by atoms with Crippen molar-refractivity contribution in [3.63, 3.8) is 0 Å². The number of hydrogen-bond acceptors (Lipinski definition) is 6. The van der Waals surface area contributed by atoms with E-state index in [4.69, 9.17) is 14.2 Å². The number of carbonyl (C=O) groups is 2. The van der Waals surface area contributed by atoms with E-state index in [-0.39, 0.29) is 18.8 Å². The molecule has 2 heterocycles. The zero-order valence-corrected chi connectivity index (χ0v) is 16.6. The summed E-state index contributed by atoms with van der Waals surface area (Å²) in [5.41, 5.74) is -0.740. The molecule has 8 nitrogen and oxygen atoms in total. The van der Waals surface area contributed by atoms with Gasteiger partial charge in [-0.15, -0.1) is 0 Å². The van der Waals surface area contributed by atoms with Gasteiger partial charge in [-0.1, -0.05) is 0 Å². The summed E-state index contributed by atoms with van der Waals surface area (Å²) in [6.45, 7) is 7.24. The molecule has 1 N–H and O–H groups in total. The predicted octanol–water partition coefficient (Wildman–Crippen LogP) is 2.04. The highest BCUT2D eigenvalue weighted by Crippen LogP contribution is 2.39. The highest BCUT2D eigenvalue weighted by atomic mass is 16.5. The molecule has 0 bridgehead atoms. The first-order valence-electron chi connectivity index (χ1n) is 9.06. The van der Waals surface area contributed by atoms with Gasteiger partial charge in [0.15, 0.2) is 17.5 Å². The highest BCUT2D eigenvalue weighted by molar-refractivity contribution is 6.00. The number of hydrogen-bond donors (Lipinski definition) is 1. The molecule has 0 fully saturated rings. The van der Waals surface area contributed by atoms with Gasteiger partial charge in [-0.3, -0.25) is 14.2 Å². The summed E-state index contributed by atoms with van der Waals surface area (Å²) in [5, 5.41) is 3.38. The van der Waals surface area contributed by atoms with Crippen molar-refractivity contribution in [2.24, 2.45) is 0 Å². The van der Waals surface area contributed by atoms with Crippen LogP contribution in [0, 0.1) is 0 Å². The predicted molar refractivity (Wildman–Crippen MR) is 103 cm³/mol. The molecule has 2 aromatic rings. The second kappa shape index (κ2) is 7.18. The van der Waals surface area contributed by atoms with Gasteiger partial charge in [0.2, 0.25) is 0 Å². The molecule has 1 amide bonds. The largest absolute Gasteiger partial charge is 0.493 e. The summed E-state index contributed by atoms with van der Waals surface area (Å²) < 4.78 is 17.5. The molecule has 1 aliphatic rings. The Kier molecular flexibility index (Phi) is 5.06. The number of rotatable bonds is 4. The Hall–Kier alpha value is -3.03. The Morgan fingerprint density at radius 2 is 2.04 bits per heavy atom. The van der Waals surface area contributed by atoms with E-state index in [1.165, 1.54) is 17.7 Å². The maximum absolute atomic E-state index is 13.2. The van der Waals surface area contributed by atoms with Crippen LogP contribution in [0.1, 0.15) is 44.1 Å². The van der Waals surface area contributed by atoms with Crippen LogP contribution >= 0.6 is 0 Å². The Morgan fingerprint density at radius 1 is 1.32 bits per heavy atom. The van der Waals surface area contributed by atoms with Crippen molar-refractivity contribution in [2.75, 3.05) is 20.3 Å². The topological polar surface area (TPSA) is 95.9 Å². The number of methoxy groups -OCH3 is 1. The van der Waals surface area contributed by atoms with Gasteiger partial charge in [0.25, 0.3) is 11.5 Å². The molecule has 0 saturated heterocycles. The van der Waals surface area contributed by atoms with Crippen LogP contribution in [0.15, 0.2) is 23.0 Å². The van der Waals surface area contributed by atoms with Crippen LogP contribution in [0.25, 0.3) is 10.9 Å². The smallest absolute Gasteiger partial charge is 0.332 e. The lowest BCUT2D eigenvalue weighted by atomic mass is 10.0. The number of ether oxygens (including phenoxy) is 3. The number of benzene rings is 1. The molecule has 0 spiro atoms. The van der Waals surface area contributed by atoms with E-state index in [0.717, 1.165) is 0 Å². The van der Waals surface area contributed by atoms with Crippen LogP contribution in [0.4, 0.5) is 0 Å². The molecule has 1 atom stereocenters. The third kappa shape index (κ3) is 3.42. The third-order valence-corrected chi connectivity index (χ3v) is 4.33. The fourth-order valence-electron chi connectivity index (χ4n) is 3.20. The number of nitrogens with zero attached hydrogens (tertiary/aromatic N) is 1. The minimum atomic E-state index is -0.989. The molecular weight excluding hydrogens is 364 g/mol. The molecule has 0 aliphatic carbocycles. The van der Waals surface area contributed by atoms with Gasteiger partial charge in [-0.2, -0.15) is 0 Å². The summed E-state index contributed by atoms with van der Waals surface area (Å²) in [4.78, 5) is 38.4. The van der Waals surface area contributed by atoms with E-state index in [1.807, 2.05) is 20.8 Å².